The molecule has 47 heavy (non-hydrogen) atoms. The van der Waals surface area contributed by atoms with Crippen molar-refractivity contribution >= 4 is 45.8 Å². The van der Waals surface area contributed by atoms with Crippen LogP contribution >= 0.6 is 0 Å². The van der Waals surface area contributed by atoms with E-state index in [9.17, 15) is 24.3 Å². The molecule has 4 aromatic rings. The number of aromatic nitrogens is 1. The number of halogens is 2. The third-order valence-corrected chi connectivity index (χ3v) is 9.07. The molecule has 3 aliphatic rings. The van der Waals surface area contributed by atoms with Gasteiger partial charge in [-0.3, -0.25) is 14.5 Å². The third kappa shape index (κ3) is 5.56. The number of carboxylic acids is 1. The SMILES string of the molecule is NC(C(=O)c1ccccc1)[C@@H]1CN(c2ccc(N3CCN(c4cc5c(cc4F)c(=O)c(C(=O)O)cn5C4CC4)CC3)c(F)c2)C(=O)O1. The van der Waals surface area contributed by atoms with Gasteiger partial charge in [0.2, 0.25) is 5.43 Å². The summed E-state index contributed by atoms with van der Waals surface area (Å²) >= 11 is 0. The number of ether oxygens (including phenoxy) is 1. The van der Waals surface area contributed by atoms with Crippen LogP contribution in [0.3, 0.4) is 0 Å². The van der Waals surface area contributed by atoms with Crippen molar-refractivity contribution in [1.82, 2.24) is 4.57 Å². The summed E-state index contributed by atoms with van der Waals surface area (Å²) in [5, 5.41) is 9.52. The minimum Gasteiger partial charge on any atom is -0.477 e. The van der Waals surface area contributed by atoms with Gasteiger partial charge in [-0.05, 0) is 43.2 Å². The quantitative estimate of drug-likeness (QED) is 0.271. The molecule has 3 fully saturated rings. The Balaban J connectivity index is 1.05. The van der Waals surface area contributed by atoms with Gasteiger partial charge >= 0.3 is 12.1 Å². The third-order valence-electron chi connectivity index (χ3n) is 9.07. The predicted molar refractivity (Wildman–Crippen MR) is 171 cm³/mol. The number of pyridine rings is 1. The number of carbonyl (C=O) groups is 3. The van der Waals surface area contributed by atoms with Crippen LogP contribution in [0.2, 0.25) is 0 Å². The van der Waals surface area contributed by atoms with Crippen LogP contribution in [0.1, 0.15) is 39.6 Å². The lowest BCUT2D eigenvalue weighted by Crippen LogP contribution is -2.47. The number of nitrogens with zero attached hydrogens (tertiary/aromatic N) is 4. The van der Waals surface area contributed by atoms with Crippen molar-refractivity contribution in [3.05, 3.63) is 99.8 Å². The summed E-state index contributed by atoms with van der Waals surface area (Å²) in [6.07, 6.45) is 1.40. The second-order valence-electron chi connectivity index (χ2n) is 12.0. The number of anilines is 3. The number of ketones is 1. The second-order valence-corrected chi connectivity index (χ2v) is 12.0. The van der Waals surface area contributed by atoms with Gasteiger partial charge in [-0.15, -0.1) is 0 Å². The highest BCUT2D eigenvalue weighted by molar-refractivity contribution is 6.01. The van der Waals surface area contributed by atoms with E-state index >= 15 is 8.78 Å². The van der Waals surface area contributed by atoms with Crippen molar-refractivity contribution in [3.8, 4) is 0 Å². The fourth-order valence-electron chi connectivity index (χ4n) is 6.36. The summed E-state index contributed by atoms with van der Waals surface area (Å²) in [4.78, 5) is 54.8. The molecule has 1 aliphatic carbocycles. The molecule has 11 nitrogen and oxygen atoms in total. The number of hydrogen-bond donors (Lipinski definition) is 2. The molecular formula is C34H31F2N5O6. The molecule has 242 valence electrons. The fraction of sp³-hybridized carbons (Fsp3) is 0.294. The number of fused-ring (bicyclic) bond motifs is 1. The van der Waals surface area contributed by atoms with E-state index in [1.165, 1.54) is 17.2 Å². The monoisotopic (exact) mass is 643 g/mol. The maximum absolute atomic E-state index is 15.5. The zero-order valence-corrected chi connectivity index (χ0v) is 25.1. The topological polar surface area (TPSA) is 138 Å². The average molecular weight is 644 g/mol. The summed E-state index contributed by atoms with van der Waals surface area (Å²) in [6, 6.07) is 14.6. The van der Waals surface area contributed by atoms with Gasteiger partial charge in [-0.25, -0.2) is 18.4 Å². The van der Waals surface area contributed by atoms with Gasteiger partial charge in [-0.2, -0.15) is 0 Å². The number of hydrogen-bond acceptors (Lipinski definition) is 8. The van der Waals surface area contributed by atoms with Crippen molar-refractivity contribution in [1.29, 1.82) is 0 Å². The largest absolute Gasteiger partial charge is 0.477 e. The van der Waals surface area contributed by atoms with E-state index in [-0.39, 0.29) is 40.7 Å². The zero-order valence-electron chi connectivity index (χ0n) is 25.1. The Bertz CT molecular complexity index is 1970. The highest BCUT2D eigenvalue weighted by Gasteiger charge is 2.39. The summed E-state index contributed by atoms with van der Waals surface area (Å²) < 4.78 is 38.0. The van der Waals surface area contributed by atoms with Crippen LogP contribution in [0.15, 0.2) is 71.7 Å². The smallest absolute Gasteiger partial charge is 0.414 e. The molecule has 1 amide bonds. The molecule has 0 spiro atoms. The molecular weight excluding hydrogens is 612 g/mol. The molecule has 1 aromatic heterocycles. The first kappa shape index (κ1) is 30.4. The molecule has 3 N–H and O–H groups in total. The van der Waals surface area contributed by atoms with Gasteiger partial charge in [-0.1, -0.05) is 30.3 Å². The molecule has 0 bridgehead atoms. The summed E-state index contributed by atoms with van der Waals surface area (Å²) in [6.45, 7) is 1.44. The van der Waals surface area contributed by atoms with Crippen LogP contribution in [0.4, 0.5) is 30.6 Å². The number of piperazine rings is 1. The Labute approximate surface area is 267 Å². The molecule has 2 atom stereocenters. The number of rotatable bonds is 8. The van der Waals surface area contributed by atoms with Crippen LogP contribution in [0.25, 0.3) is 10.9 Å². The van der Waals surface area contributed by atoms with E-state index in [2.05, 4.69) is 0 Å². The molecule has 3 aromatic carbocycles. The van der Waals surface area contributed by atoms with Gasteiger partial charge in [0.05, 0.1) is 29.1 Å². The summed E-state index contributed by atoms with van der Waals surface area (Å²) in [7, 11) is 0. The van der Waals surface area contributed by atoms with Gasteiger partial charge < -0.3 is 29.9 Å². The van der Waals surface area contributed by atoms with Gasteiger partial charge in [0.25, 0.3) is 0 Å². The lowest BCUT2D eigenvalue weighted by molar-refractivity contribution is 0.0694. The normalized spacial score (nSPS) is 18.8. The van der Waals surface area contributed by atoms with E-state index in [1.807, 2.05) is 9.80 Å². The van der Waals surface area contributed by atoms with Crippen molar-refractivity contribution in [2.45, 2.75) is 31.0 Å². The average Bonchev–Trinajstić information content (AvgIpc) is 3.85. The highest BCUT2D eigenvalue weighted by atomic mass is 19.1. The van der Waals surface area contributed by atoms with Crippen LogP contribution in [0.5, 0.6) is 0 Å². The van der Waals surface area contributed by atoms with E-state index in [0.29, 0.717) is 42.9 Å². The lowest BCUT2D eigenvalue weighted by Gasteiger charge is -2.37. The van der Waals surface area contributed by atoms with Crippen molar-refractivity contribution < 1.29 is 33.0 Å². The molecule has 3 heterocycles. The number of benzene rings is 3. The van der Waals surface area contributed by atoms with Gasteiger partial charge in [0.15, 0.2) is 5.78 Å². The second kappa shape index (κ2) is 11.8. The first-order chi connectivity index (χ1) is 22.6. The Hall–Kier alpha value is -5.30. The fourth-order valence-corrected chi connectivity index (χ4v) is 6.36. The zero-order chi connectivity index (χ0) is 33.0. The Morgan fingerprint density at radius 2 is 1.55 bits per heavy atom. The van der Waals surface area contributed by atoms with Crippen molar-refractivity contribution in [2.24, 2.45) is 5.73 Å². The molecule has 1 unspecified atom stereocenters. The number of carboxylic acid groups (broad SMARTS) is 1. The molecule has 2 saturated heterocycles. The maximum Gasteiger partial charge on any atom is 0.414 e. The number of amides is 1. The molecule has 1 saturated carbocycles. The molecule has 2 aliphatic heterocycles. The first-order valence-electron chi connectivity index (χ1n) is 15.3. The van der Waals surface area contributed by atoms with Gasteiger partial charge in [0, 0.05) is 49.4 Å². The number of Topliss-reactive ketones (excluding diaryl/α,β-unsaturated/α-hetero) is 1. The molecule has 0 radical (unpaired) electrons. The van der Waals surface area contributed by atoms with Crippen molar-refractivity contribution in [2.75, 3.05) is 47.4 Å². The van der Waals surface area contributed by atoms with Crippen LogP contribution in [-0.4, -0.2) is 72.4 Å². The summed E-state index contributed by atoms with van der Waals surface area (Å²) in [5.41, 5.74) is 6.79. The number of cyclic esters (lactones) is 1. The Morgan fingerprint density at radius 3 is 2.19 bits per heavy atom. The van der Waals surface area contributed by atoms with Gasteiger partial charge in [0.1, 0.15) is 29.3 Å². The van der Waals surface area contributed by atoms with Crippen LogP contribution < -0.4 is 25.9 Å². The highest BCUT2D eigenvalue weighted by Crippen LogP contribution is 2.38. The predicted octanol–water partition coefficient (Wildman–Crippen LogP) is 4.17. The van der Waals surface area contributed by atoms with E-state index in [4.69, 9.17) is 10.5 Å². The number of carbonyl (C=O) groups excluding carboxylic acids is 2. The number of aromatic carboxylic acids is 1. The van der Waals surface area contributed by atoms with E-state index in [0.717, 1.165) is 18.9 Å². The number of nitrogens with two attached hydrogens (primary N) is 1. The van der Waals surface area contributed by atoms with E-state index < -0.39 is 41.3 Å². The van der Waals surface area contributed by atoms with Crippen molar-refractivity contribution in [3.63, 3.8) is 0 Å². The van der Waals surface area contributed by atoms with Crippen LogP contribution in [0, 0.1) is 11.6 Å². The first-order valence-corrected chi connectivity index (χ1v) is 15.3. The summed E-state index contributed by atoms with van der Waals surface area (Å²) in [5.74, 6) is -2.91. The van der Waals surface area contributed by atoms with Crippen LogP contribution in [-0.2, 0) is 4.74 Å². The minimum atomic E-state index is -1.35. The maximum atomic E-state index is 15.5. The van der Waals surface area contributed by atoms with E-state index in [1.54, 1.807) is 53.1 Å². The minimum absolute atomic E-state index is 0.0143. The Kier molecular flexibility index (Phi) is 7.63. The molecule has 7 rings (SSSR count). The molecule has 13 heteroatoms. The Morgan fingerprint density at radius 1 is 0.894 bits per heavy atom. The lowest BCUT2D eigenvalue weighted by atomic mass is 10.0. The standard InChI is InChI=1S/C34H31F2N5O6/c35-24-14-21(41-18-29(47-34(41)46)30(37)31(42)19-4-2-1-3-5-19)8-9-26(24)38-10-12-39(13-11-38)28-16-27-22(15-25(28)36)32(43)23(33(44)45)17-40(27)20-6-7-20/h1-5,8-9,14-17,20,29-30H,6-7,10-13,18,37H2,(H,44,45)/t29-,30?/m0/s1.